The van der Waals surface area contributed by atoms with Crippen LogP contribution in [0.4, 0.5) is 11.6 Å². The molecule has 0 radical (unpaired) electrons. The lowest BCUT2D eigenvalue weighted by Gasteiger charge is -2.06. The molecule has 166 valence electrons. The standard InChI is InChI=1S/C14H16N6.C6H11NO.C3H6/c1-9-2-3-10(4-9)12-5-13(20-19-12)18-14-8-16-11(6-15)7-17-14;1-5(8)7-6(2)3-4-6;1-2-3-1/h5,7-10H,2-4H2,1H3,(H2,17,18,19,20);3-4H2,1-2H3,(H,7,8);1-3H2. The Hall–Kier alpha value is -2.95. The molecule has 3 fully saturated rings. The number of nitrogens with zero attached hydrogens (tertiary/aromatic N) is 4. The van der Waals surface area contributed by atoms with Crippen molar-refractivity contribution in [3.63, 3.8) is 0 Å². The molecular formula is C23H33N7O. The molecule has 2 atom stereocenters. The van der Waals surface area contributed by atoms with E-state index in [1.807, 2.05) is 12.1 Å². The van der Waals surface area contributed by atoms with E-state index in [2.05, 4.69) is 44.6 Å². The zero-order valence-electron chi connectivity index (χ0n) is 18.7. The first-order valence-electron chi connectivity index (χ1n) is 11.2. The molecule has 3 N–H and O–H groups in total. The van der Waals surface area contributed by atoms with Crippen LogP contribution in [0.5, 0.6) is 0 Å². The molecule has 2 aromatic rings. The zero-order valence-corrected chi connectivity index (χ0v) is 18.7. The average Bonchev–Trinajstić information content (AvgIpc) is 3.66. The Bertz CT molecular complexity index is 891. The van der Waals surface area contributed by atoms with E-state index in [9.17, 15) is 4.79 Å². The van der Waals surface area contributed by atoms with Gasteiger partial charge in [0, 0.05) is 30.1 Å². The Morgan fingerprint density at radius 3 is 2.39 bits per heavy atom. The van der Waals surface area contributed by atoms with Crippen LogP contribution in [0.2, 0.25) is 0 Å². The number of nitrogens with one attached hydrogen (secondary N) is 3. The fourth-order valence-corrected chi connectivity index (χ4v) is 3.42. The number of aromatic amines is 1. The second-order valence-electron chi connectivity index (χ2n) is 9.15. The summed E-state index contributed by atoms with van der Waals surface area (Å²) in [6.07, 6.45) is 13.5. The summed E-state index contributed by atoms with van der Waals surface area (Å²) in [5.74, 6) is 2.79. The molecule has 31 heavy (non-hydrogen) atoms. The Morgan fingerprint density at radius 1 is 1.19 bits per heavy atom. The maximum atomic E-state index is 10.4. The van der Waals surface area contributed by atoms with Crippen molar-refractivity contribution in [2.45, 2.75) is 83.6 Å². The number of hydrogen-bond acceptors (Lipinski definition) is 6. The zero-order chi connectivity index (χ0) is 22.3. The summed E-state index contributed by atoms with van der Waals surface area (Å²) in [4.78, 5) is 18.5. The summed E-state index contributed by atoms with van der Waals surface area (Å²) in [7, 11) is 0. The van der Waals surface area contributed by atoms with Gasteiger partial charge in [-0.05, 0) is 38.5 Å². The normalized spacial score (nSPS) is 22.0. The molecule has 5 rings (SSSR count). The number of amides is 1. The van der Waals surface area contributed by atoms with E-state index >= 15 is 0 Å². The molecular weight excluding hydrogens is 390 g/mol. The van der Waals surface area contributed by atoms with Gasteiger partial charge in [0.05, 0.1) is 12.4 Å². The quantitative estimate of drug-likeness (QED) is 0.663. The number of anilines is 2. The van der Waals surface area contributed by atoms with Gasteiger partial charge >= 0.3 is 0 Å². The van der Waals surface area contributed by atoms with Crippen molar-refractivity contribution in [3.8, 4) is 6.07 Å². The summed E-state index contributed by atoms with van der Waals surface area (Å²) < 4.78 is 0. The Labute approximate surface area is 184 Å². The predicted octanol–water partition coefficient (Wildman–Crippen LogP) is 4.56. The molecule has 2 heterocycles. The SMILES string of the molecule is C1CC1.CC(=O)NC1(C)CC1.CC1CCC(c2cc(Nc3cnc(C#N)cn3)n[nH]2)C1. The van der Waals surface area contributed by atoms with Crippen LogP contribution in [0.15, 0.2) is 18.5 Å². The van der Waals surface area contributed by atoms with E-state index in [0.29, 0.717) is 17.4 Å². The third kappa shape index (κ3) is 8.00. The van der Waals surface area contributed by atoms with Crippen molar-refractivity contribution in [2.24, 2.45) is 5.92 Å². The lowest BCUT2D eigenvalue weighted by molar-refractivity contribution is -0.119. The highest BCUT2D eigenvalue weighted by Crippen LogP contribution is 2.37. The maximum absolute atomic E-state index is 10.4. The van der Waals surface area contributed by atoms with Crippen LogP contribution < -0.4 is 10.6 Å². The minimum atomic E-state index is 0.0880. The molecule has 0 aromatic carbocycles. The van der Waals surface area contributed by atoms with Crippen LogP contribution in [0, 0.1) is 17.2 Å². The molecule has 2 unspecified atom stereocenters. The Kier molecular flexibility index (Phi) is 7.61. The molecule has 3 saturated carbocycles. The minimum absolute atomic E-state index is 0.0880. The molecule has 0 saturated heterocycles. The average molecular weight is 424 g/mol. The molecule has 8 heteroatoms. The minimum Gasteiger partial charge on any atom is -0.351 e. The maximum Gasteiger partial charge on any atom is 0.217 e. The largest absolute Gasteiger partial charge is 0.351 e. The third-order valence-electron chi connectivity index (χ3n) is 5.59. The van der Waals surface area contributed by atoms with Gasteiger partial charge in [-0.25, -0.2) is 9.97 Å². The summed E-state index contributed by atoms with van der Waals surface area (Å²) in [5.41, 5.74) is 1.66. The first-order valence-corrected chi connectivity index (χ1v) is 11.2. The van der Waals surface area contributed by atoms with Gasteiger partial charge in [0.15, 0.2) is 11.5 Å². The predicted molar refractivity (Wildman–Crippen MR) is 120 cm³/mol. The van der Waals surface area contributed by atoms with Gasteiger partial charge in [0.25, 0.3) is 0 Å². The highest BCUT2D eigenvalue weighted by Gasteiger charge is 2.37. The van der Waals surface area contributed by atoms with Gasteiger partial charge in [-0.15, -0.1) is 0 Å². The molecule has 8 nitrogen and oxygen atoms in total. The molecule has 0 aliphatic heterocycles. The lowest BCUT2D eigenvalue weighted by atomic mass is 10.0. The number of H-pyrrole nitrogens is 1. The molecule has 0 bridgehead atoms. The van der Waals surface area contributed by atoms with Crippen molar-refractivity contribution in [1.82, 2.24) is 25.5 Å². The number of aromatic nitrogens is 4. The Morgan fingerprint density at radius 2 is 1.94 bits per heavy atom. The van der Waals surface area contributed by atoms with Crippen LogP contribution in [0.3, 0.4) is 0 Å². The molecule has 2 aromatic heterocycles. The number of rotatable bonds is 4. The fourth-order valence-electron chi connectivity index (χ4n) is 3.42. The topological polar surface area (TPSA) is 119 Å². The molecule has 1 amide bonds. The van der Waals surface area contributed by atoms with Crippen LogP contribution in [0.1, 0.15) is 89.4 Å². The number of nitriles is 1. The van der Waals surface area contributed by atoms with Crippen molar-refractivity contribution in [1.29, 1.82) is 5.26 Å². The van der Waals surface area contributed by atoms with Crippen LogP contribution in [0.25, 0.3) is 0 Å². The van der Waals surface area contributed by atoms with Gasteiger partial charge in [0.2, 0.25) is 5.91 Å². The van der Waals surface area contributed by atoms with Gasteiger partial charge in [-0.1, -0.05) is 32.6 Å². The third-order valence-corrected chi connectivity index (χ3v) is 5.59. The van der Waals surface area contributed by atoms with E-state index in [4.69, 9.17) is 5.26 Å². The monoisotopic (exact) mass is 423 g/mol. The van der Waals surface area contributed by atoms with Gasteiger partial charge in [-0.2, -0.15) is 10.4 Å². The second kappa shape index (κ2) is 10.4. The van der Waals surface area contributed by atoms with Crippen LogP contribution >= 0.6 is 0 Å². The van der Waals surface area contributed by atoms with Crippen LogP contribution in [-0.2, 0) is 4.79 Å². The lowest BCUT2D eigenvalue weighted by Crippen LogP contribution is -2.31. The Balaban J connectivity index is 0.000000203. The number of carbonyl (C=O) groups excluding carboxylic acids is 1. The fraction of sp³-hybridized carbons (Fsp3) is 0.609. The highest BCUT2D eigenvalue weighted by atomic mass is 16.1. The first-order chi connectivity index (χ1) is 14.9. The van der Waals surface area contributed by atoms with E-state index < -0.39 is 0 Å². The van der Waals surface area contributed by atoms with Gasteiger partial charge in [-0.3, -0.25) is 9.89 Å². The van der Waals surface area contributed by atoms with E-state index in [1.54, 1.807) is 6.92 Å². The van der Waals surface area contributed by atoms with Crippen molar-refractivity contribution in [2.75, 3.05) is 5.32 Å². The van der Waals surface area contributed by atoms with E-state index in [1.165, 1.54) is 56.6 Å². The second-order valence-corrected chi connectivity index (χ2v) is 9.15. The molecule has 0 spiro atoms. The van der Waals surface area contributed by atoms with E-state index in [-0.39, 0.29) is 11.4 Å². The first kappa shape index (κ1) is 22.7. The van der Waals surface area contributed by atoms with E-state index in [0.717, 1.165) is 24.6 Å². The number of hydrogen-bond donors (Lipinski definition) is 3. The van der Waals surface area contributed by atoms with Gasteiger partial charge < -0.3 is 10.6 Å². The summed E-state index contributed by atoms with van der Waals surface area (Å²) >= 11 is 0. The summed E-state index contributed by atoms with van der Waals surface area (Å²) in [6.45, 7) is 5.92. The number of carbonyl (C=O) groups is 1. The van der Waals surface area contributed by atoms with Crippen molar-refractivity contribution in [3.05, 3.63) is 29.8 Å². The molecule has 3 aliphatic rings. The highest BCUT2D eigenvalue weighted by molar-refractivity contribution is 5.74. The summed E-state index contributed by atoms with van der Waals surface area (Å²) in [6, 6.07) is 3.97. The smallest absolute Gasteiger partial charge is 0.217 e. The summed E-state index contributed by atoms with van der Waals surface area (Å²) in [5, 5.41) is 22.0. The van der Waals surface area contributed by atoms with Gasteiger partial charge in [0.1, 0.15) is 11.9 Å². The molecule has 3 aliphatic carbocycles. The van der Waals surface area contributed by atoms with Crippen molar-refractivity contribution < 1.29 is 4.79 Å². The van der Waals surface area contributed by atoms with Crippen molar-refractivity contribution >= 4 is 17.5 Å². The van der Waals surface area contributed by atoms with Crippen LogP contribution in [-0.4, -0.2) is 31.6 Å².